The first-order chi connectivity index (χ1) is 6.66. The number of ether oxygens (including phenoxy) is 1. The van der Waals surface area contributed by atoms with E-state index in [1.54, 1.807) is 19.2 Å². The molecule has 1 heterocycles. The van der Waals surface area contributed by atoms with E-state index >= 15 is 0 Å². The Labute approximate surface area is 82.5 Å². The summed E-state index contributed by atoms with van der Waals surface area (Å²) in [7, 11) is 0. The maximum Gasteiger partial charge on any atom is 0.341 e. The van der Waals surface area contributed by atoms with Crippen LogP contribution in [-0.4, -0.2) is 22.7 Å². The lowest BCUT2D eigenvalue weighted by molar-refractivity contribution is 0.0690. The van der Waals surface area contributed by atoms with Crippen molar-refractivity contribution in [1.82, 2.24) is 4.98 Å². The summed E-state index contributed by atoms with van der Waals surface area (Å²) in [4.78, 5) is 14.8. The number of rotatable bonds is 4. The molecule has 1 N–H and O–H groups in total. The zero-order chi connectivity index (χ0) is 10.6. The molecule has 0 amide bonds. The molecule has 0 spiro atoms. The van der Waals surface area contributed by atoms with Gasteiger partial charge in [-0.1, -0.05) is 6.92 Å². The zero-order valence-electron chi connectivity index (χ0n) is 8.28. The lowest BCUT2D eigenvalue weighted by Gasteiger charge is -2.08. The Morgan fingerprint density at radius 3 is 2.93 bits per heavy atom. The van der Waals surface area contributed by atoms with Crippen molar-refractivity contribution in [3.05, 3.63) is 23.4 Å². The second-order valence-electron chi connectivity index (χ2n) is 2.96. The van der Waals surface area contributed by atoms with Crippen molar-refractivity contribution in [2.75, 3.05) is 6.61 Å². The van der Waals surface area contributed by atoms with Gasteiger partial charge in [-0.15, -0.1) is 0 Å². The fourth-order valence-corrected chi connectivity index (χ4v) is 1.10. The average Bonchev–Trinajstić information content (AvgIpc) is 2.14. The van der Waals surface area contributed by atoms with Crippen molar-refractivity contribution >= 4 is 5.97 Å². The van der Waals surface area contributed by atoms with Crippen LogP contribution in [0, 0.1) is 6.92 Å². The average molecular weight is 195 g/mol. The molecule has 1 aromatic rings. The van der Waals surface area contributed by atoms with E-state index in [-0.39, 0.29) is 11.4 Å². The van der Waals surface area contributed by atoms with E-state index in [1.165, 1.54) is 0 Å². The van der Waals surface area contributed by atoms with Gasteiger partial charge in [0.25, 0.3) is 0 Å². The minimum absolute atomic E-state index is 0.154. The van der Waals surface area contributed by atoms with Crippen LogP contribution in [0.5, 0.6) is 5.88 Å². The number of carboxylic acids is 1. The number of aryl methyl sites for hydroxylation is 1. The van der Waals surface area contributed by atoms with Crippen LogP contribution in [0.1, 0.15) is 29.3 Å². The van der Waals surface area contributed by atoms with Gasteiger partial charge < -0.3 is 9.84 Å². The molecule has 76 valence electrons. The van der Waals surface area contributed by atoms with Gasteiger partial charge in [0.15, 0.2) is 0 Å². The number of pyridine rings is 1. The van der Waals surface area contributed by atoms with E-state index < -0.39 is 5.97 Å². The number of aromatic carboxylic acids is 1. The summed E-state index contributed by atoms with van der Waals surface area (Å²) >= 11 is 0. The predicted octanol–water partition coefficient (Wildman–Crippen LogP) is 1.88. The minimum atomic E-state index is -0.998. The molecule has 0 saturated heterocycles. The summed E-state index contributed by atoms with van der Waals surface area (Å²) in [5.41, 5.74) is 0.819. The molecule has 0 saturated carbocycles. The Kier molecular flexibility index (Phi) is 3.45. The van der Waals surface area contributed by atoms with Crippen LogP contribution in [0.15, 0.2) is 12.3 Å². The predicted molar refractivity (Wildman–Crippen MR) is 51.7 cm³/mol. The van der Waals surface area contributed by atoms with Gasteiger partial charge in [0.05, 0.1) is 6.61 Å². The van der Waals surface area contributed by atoms with Crippen molar-refractivity contribution in [3.8, 4) is 5.88 Å². The number of nitrogens with zero attached hydrogens (tertiary/aromatic N) is 1. The molecule has 0 fully saturated rings. The molecular formula is C10H13NO3. The van der Waals surface area contributed by atoms with Crippen molar-refractivity contribution in [2.45, 2.75) is 20.3 Å². The molecule has 0 aliphatic rings. The van der Waals surface area contributed by atoms with Gasteiger partial charge in [0.2, 0.25) is 5.88 Å². The van der Waals surface area contributed by atoms with E-state index in [4.69, 9.17) is 9.84 Å². The summed E-state index contributed by atoms with van der Waals surface area (Å²) in [5.74, 6) is -0.791. The monoisotopic (exact) mass is 195 g/mol. The van der Waals surface area contributed by atoms with Crippen molar-refractivity contribution in [1.29, 1.82) is 0 Å². The van der Waals surface area contributed by atoms with E-state index in [2.05, 4.69) is 4.98 Å². The molecule has 0 unspecified atom stereocenters. The number of hydrogen-bond acceptors (Lipinski definition) is 3. The van der Waals surface area contributed by atoms with Crippen molar-refractivity contribution < 1.29 is 14.6 Å². The molecular weight excluding hydrogens is 182 g/mol. The molecule has 0 aliphatic heterocycles. The first-order valence-corrected chi connectivity index (χ1v) is 4.48. The van der Waals surface area contributed by atoms with Gasteiger partial charge in [-0.25, -0.2) is 9.78 Å². The molecule has 0 radical (unpaired) electrons. The highest BCUT2D eigenvalue weighted by molar-refractivity contribution is 5.91. The lowest BCUT2D eigenvalue weighted by atomic mass is 10.1. The standard InChI is InChI=1S/C10H13NO3/c1-3-6-14-9-8(10(12)13)7(2)4-5-11-9/h4-5H,3,6H2,1-2H3,(H,12,13). The highest BCUT2D eigenvalue weighted by Crippen LogP contribution is 2.18. The number of carboxylic acid groups (broad SMARTS) is 1. The summed E-state index contributed by atoms with van der Waals surface area (Å²) in [6.07, 6.45) is 2.38. The molecule has 0 bridgehead atoms. The quantitative estimate of drug-likeness (QED) is 0.796. The highest BCUT2D eigenvalue weighted by Gasteiger charge is 2.15. The highest BCUT2D eigenvalue weighted by atomic mass is 16.5. The maximum atomic E-state index is 10.9. The third kappa shape index (κ3) is 2.22. The fraction of sp³-hybridized carbons (Fsp3) is 0.400. The van der Waals surface area contributed by atoms with E-state index in [0.29, 0.717) is 12.2 Å². The smallest absolute Gasteiger partial charge is 0.341 e. The van der Waals surface area contributed by atoms with Gasteiger partial charge in [-0.3, -0.25) is 0 Å². The van der Waals surface area contributed by atoms with Crippen LogP contribution < -0.4 is 4.74 Å². The van der Waals surface area contributed by atoms with E-state index in [1.807, 2.05) is 6.92 Å². The van der Waals surface area contributed by atoms with E-state index in [0.717, 1.165) is 6.42 Å². The molecule has 4 nitrogen and oxygen atoms in total. The van der Waals surface area contributed by atoms with Crippen LogP contribution in [-0.2, 0) is 0 Å². The van der Waals surface area contributed by atoms with Gasteiger partial charge in [-0.2, -0.15) is 0 Å². The lowest BCUT2D eigenvalue weighted by Crippen LogP contribution is -2.07. The first-order valence-electron chi connectivity index (χ1n) is 4.48. The van der Waals surface area contributed by atoms with Gasteiger partial charge in [0, 0.05) is 6.20 Å². The van der Waals surface area contributed by atoms with Crippen LogP contribution in [0.2, 0.25) is 0 Å². The Balaban J connectivity index is 3.02. The largest absolute Gasteiger partial charge is 0.477 e. The Morgan fingerprint density at radius 1 is 1.64 bits per heavy atom. The molecule has 14 heavy (non-hydrogen) atoms. The minimum Gasteiger partial charge on any atom is -0.477 e. The fourth-order valence-electron chi connectivity index (χ4n) is 1.10. The topological polar surface area (TPSA) is 59.4 Å². The summed E-state index contributed by atoms with van der Waals surface area (Å²) in [5, 5.41) is 8.93. The third-order valence-corrected chi connectivity index (χ3v) is 1.78. The van der Waals surface area contributed by atoms with Gasteiger partial charge in [-0.05, 0) is 25.0 Å². The van der Waals surface area contributed by atoms with E-state index in [9.17, 15) is 4.79 Å². The zero-order valence-corrected chi connectivity index (χ0v) is 8.28. The van der Waals surface area contributed by atoms with Gasteiger partial charge >= 0.3 is 5.97 Å². The normalized spacial score (nSPS) is 9.86. The summed E-state index contributed by atoms with van der Waals surface area (Å²) in [6.45, 7) is 4.16. The summed E-state index contributed by atoms with van der Waals surface area (Å²) < 4.78 is 5.24. The van der Waals surface area contributed by atoms with Gasteiger partial charge in [0.1, 0.15) is 5.56 Å². The molecule has 1 aromatic heterocycles. The van der Waals surface area contributed by atoms with Crippen molar-refractivity contribution in [2.24, 2.45) is 0 Å². The Bertz CT molecular complexity index is 336. The van der Waals surface area contributed by atoms with Crippen LogP contribution in [0.3, 0.4) is 0 Å². The van der Waals surface area contributed by atoms with Crippen LogP contribution >= 0.6 is 0 Å². The molecule has 0 aliphatic carbocycles. The Hall–Kier alpha value is -1.58. The van der Waals surface area contributed by atoms with Crippen LogP contribution in [0.4, 0.5) is 0 Å². The molecule has 1 rings (SSSR count). The second kappa shape index (κ2) is 4.60. The maximum absolute atomic E-state index is 10.9. The molecule has 0 atom stereocenters. The Morgan fingerprint density at radius 2 is 2.36 bits per heavy atom. The van der Waals surface area contributed by atoms with Crippen LogP contribution in [0.25, 0.3) is 0 Å². The first kappa shape index (κ1) is 10.5. The third-order valence-electron chi connectivity index (χ3n) is 1.78. The number of hydrogen-bond donors (Lipinski definition) is 1. The van der Waals surface area contributed by atoms with Crippen molar-refractivity contribution in [3.63, 3.8) is 0 Å². The summed E-state index contributed by atoms with van der Waals surface area (Å²) in [6, 6.07) is 1.66. The molecule has 0 aromatic carbocycles. The number of carbonyl (C=O) groups is 1. The SMILES string of the molecule is CCCOc1nccc(C)c1C(=O)O. The number of aromatic nitrogens is 1. The second-order valence-corrected chi connectivity index (χ2v) is 2.96. The molecule has 4 heteroatoms.